The van der Waals surface area contributed by atoms with E-state index in [4.69, 9.17) is 5.11 Å². The molecule has 1 aliphatic rings. The van der Waals surface area contributed by atoms with E-state index in [0.29, 0.717) is 19.4 Å². The molecule has 1 saturated heterocycles. The molecule has 0 bridgehead atoms. The molecule has 0 aromatic rings. The Kier molecular flexibility index (Phi) is 4.12. The molecule has 4 nitrogen and oxygen atoms in total. The van der Waals surface area contributed by atoms with Crippen LogP contribution in [0.5, 0.6) is 0 Å². The number of aliphatic carboxylic acids is 1. The van der Waals surface area contributed by atoms with Gasteiger partial charge in [0.05, 0.1) is 0 Å². The summed E-state index contributed by atoms with van der Waals surface area (Å²) >= 11 is 0. The average Bonchev–Trinajstić information content (AvgIpc) is 2.16. The Labute approximate surface area is 90.3 Å². The quantitative estimate of drug-likeness (QED) is 0.772. The molecule has 1 atom stereocenters. The number of rotatable bonds is 3. The number of nitrogens with zero attached hydrogens (tertiary/aromatic N) is 1. The molecule has 4 heteroatoms. The summed E-state index contributed by atoms with van der Waals surface area (Å²) in [4.78, 5) is 24.3. The summed E-state index contributed by atoms with van der Waals surface area (Å²) in [6.07, 6.45) is 2.87. The van der Waals surface area contributed by atoms with Crippen LogP contribution in [0.2, 0.25) is 0 Å². The first kappa shape index (κ1) is 12.0. The van der Waals surface area contributed by atoms with E-state index in [2.05, 4.69) is 0 Å². The molecule has 1 aliphatic heterocycles. The Morgan fingerprint density at radius 3 is 2.60 bits per heavy atom. The number of hydrogen-bond acceptors (Lipinski definition) is 2. The zero-order valence-electron chi connectivity index (χ0n) is 9.40. The average molecular weight is 213 g/mol. The lowest BCUT2D eigenvalue weighted by Gasteiger charge is -2.33. The number of likely N-dealkylation sites (tertiary alicyclic amines) is 1. The fourth-order valence-electron chi connectivity index (χ4n) is 1.95. The fraction of sp³-hybridized carbons (Fsp3) is 0.818. The third-order valence-corrected chi connectivity index (χ3v) is 2.69. The van der Waals surface area contributed by atoms with Gasteiger partial charge in [0.15, 0.2) is 0 Å². The van der Waals surface area contributed by atoms with Crippen LogP contribution in [0.4, 0.5) is 0 Å². The molecule has 1 N–H and O–H groups in total. The predicted molar refractivity (Wildman–Crippen MR) is 56.4 cm³/mol. The molecule has 0 aliphatic carbocycles. The minimum Gasteiger partial charge on any atom is -0.480 e. The number of carbonyl (C=O) groups is 2. The molecule has 0 aromatic carbocycles. The summed E-state index contributed by atoms with van der Waals surface area (Å²) < 4.78 is 0. The van der Waals surface area contributed by atoms with E-state index in [-0.39, 0.29) is 11.8 Å². The molecule has 1 amide bonds. The van der Waals surface area contributed by atoms with Crippen LogP contribution in [0.1, 0.15) is 39.5 Å². The molecule has 0 radical (unpaired) electrons. The lowest BCUT2D eigenvalue weighted by Crippen LogP contribution is -2.48. The zero-order valence-corrected chi connectivity index (χ0v) is 9.40. The lowest BCUT2D eigenvalue weighted by molar-refractivity contribution is -0.152. The van der Waals surface area contributed by atoms with Crippen LogP contribution in [-0.4, -0.2) is 34.5 Å². The molecule has 1 heterocycles. The van der Waals surface area contributed by atoms with E-state index in [0.717, 1.165) is 12.8 Å². The minimum atomic E-state index is -0.869. The van der Waals surface area contributed by atoms with Crippen LogP contribution in [0.25, 0.3) is 0 Å². The van der Waals surface area contributed by atoms with E-state index in [9.17, 15) is 9.59 Å². The van der Waals surface area contributed by atoms with Gasteiger partial charge in [-0.2, -0.15) is 0 Å². The van der Waals surface area contributed by atoms with Gasteiger partial charge in [0.2, 0.25) is 5.91 Å². The molecule has 86 valence electrons. The van der Waals surface area contributed by atoms with Crippen LogP contribution in [0.15, 0.2) is 0 Å². The highest BCUT2D eigenvalue weighted by Crippen LogP contribution is 2.19. The Morgan fingerprint density at radius 1 is 1.40 bits per heavy atom. The number of hydrogen-bond donors (Lipinski definition) is 1. The summed E-state index contributed by atoms with van der Waals surface area (Å²) in [5.74, 6) is -0.599. The molecule has 0 aromatic heterocycles. The van der Waals surface area contributed by atoms with Gasteiger partial charge in [-0.3, -0.25) is 4.79 Å². The van der Waals surface area contributed by atoms with Gasteiger partial charge < -0.3 is 10.0 Å². The molecular formula is C11H19NO3. The maximum Gasteiger partial charge on any atom is 0.326 e. The van der Waals surface area contributed by atoms with Crippen LogP contribution in [0.3, 0.4) is 0 Å². The topological polar surface area (TPSA) is 57.6 Å². The Balaban J connectivity index is 2.63. The molecule has 1 unspecified atom stereocenters. The lowest BCUT2D eigenvalue weighted by atomic mass is 10.0. The van der Waals surface area contributed by atoms with Crippen molar-refractivity contribution in [1.82, 2.24) is 4.90 Å². The highest BCUT2D eigenvalue weighted by molar-refractivity contribution is 5.83. The van der Waals surface area contributed by atoms with Crippen LogP contribution in [0, 0.1) is 5.92 Å². The molecule has 0 saturated carbocycles. The molecule has 1 rings (SSSR count). The van der Waals surface area contributed by atoms with Gasteiger partial charge in [-0.15, -0.1) is 0 Å². The Morgan fingerprint density at radius 2 is 2.07 bits per heavy atom. The number of carbonyl (C=O) groups excluding carboxylic acids is 1. The fourth-order valence-corrected chi connectivity index (χ4v) is 1.95. The maximum atomic E-state index is 11.8. The maximum absolute atomic E-state index is 11.8. The largest absolute Gasteiger partial charge is 0.480 e. The van der Waals surface area contributed by atoms with Crippen molar-refractivity contribution in [1.29, 1.82) is 0 Å². The van der Waals surface area contributed by atoms with E-state index in [1.165, 1.54) is 4.90 Å². The van der Waals surface area contributed by atoms with Crippen molar-refractivity contribution < 1.29 is 14.7 Å². The molecule has 1 fully saturated rings. The third-order valence-electron chi connectivity index (χ3n) is 2.69. The Hall–Kier alpha value is -1.06. The van der Waals surface area contributed by atoms with Crippen molar-refractivity contribution in [3.8, 4) is 0 Å². The van der Waals surface area contributed by atoms with E-state index >= 15 is 0 Å². The van der Waals surface area contributed by atoms with Crippen molar-refractivity contribution in [3.05, 3.63) is 0 Å². The standard InChI is InChI=1S/C11H19NO3/c1-8(2)7-10(13)12-6-4-3-5-9(12)11(14)15/h8-9H,3-7H2,1-2H3,(H,14,15). The van der Waals surface area contributed by atoms with Crippen LogP contribution < -0.4 is 0 Å². The van der Waals surface area contributed by atoms with Crippen LogP contribution in [-0.2, 0) is 9.59 Å². The van der Waals surface area contributed by atoms with Crippen molar-refractivity contribution in [3.63, 3.8) is 0 Å². The van der Waals surface area contributed by atoms with Gasteiger partial charge >= 0.3 is 5.97 Å². The Bertz CT molecular complexity index is 250. The second-order valence-corrected chi connectivity index (χ2v) is 4.53. The van der Waals surface area contributed by atoms with Crippen molar-refractivity contribution >= 4 is 11.9 Å². The van der Waals surface area contributed by atoms with E-state index in [1.807, 2.05) is 13.8 Å². The van der Waals surface area contributed by atoms with Gasteiger partial charge in [-0.05, 0) is 25.2 Å². The summed E-state index contributed by atoms with van der Waals surface area (Å²) in [7, 11) is 0. The third kappa shape index (κ3) is 3.22. The highest BCUT2D eigenvalue weighted by Gasteiger charge is 2.31. The number of amides is 1. The summed E-state index contributed by atoms with van der Waals surface area (Å²) in [5, 5.41) is 9.00. The van der Waals surface area contributed by atoms with E-state index in [1.54, 1.807) is 0 Å². The second-order valence-electron chi connectivity index (χ2n) is 4.53. The number of carboxylic acids is 1. The first-order chi connectivity index (χ1) is 7.02. The predicted octanol–water partition coefficient (Wildman–Crippen LogP) is 1.50. The molecular weight excluding hydrogens is 194 g/mol. The normalized spacial score (nSPS) is 21.8. The summed E-state index contributed by atoms with van der Waals surface area (Å²) in [5.41, 5.74) is 0. The minimum absolute atomic E-state index is 0.0166. The van der Waals surface area contributed by atoms with Gasteiger partial charge in [0.25, 0.3) is 0 Å². The van der Waals surface area contributed by atoms with Crippen molar-refractivity contribution in [2.75, 3.05) is 6.54 Å². The van der Waals surface area contributed by atoms with Crippen LogP contribution >= 0.6 is 0 Å². The SMILES string of the molecule is CC(C)CC(=O)N1CCCCC1C(=O)O. The van der Waals surface area contributed by atoms with Gasteiger partial charge in [-0.25, -0.2) is 4.79 Å². The number of piperidine rings is 1. The van der Waals surface area contributed by atoms with Gasteiger partial charge in [-0.1, -0.05) is 13.8 Å². The first-order valence-corrected chi connectivity index (χ1v) is 5.54. The van der Waals surface area contributed by atoms with Crippen molar-refractivity contribution in [2.24, 2.45) is 5.92 Å². The smallest absolute Gasteiger partial charge is 0.326 e. The molecule has 0 spiro atoms. The zero-order chi connectivity index (χ0) is 11.4. The van der Waals surface area contributed by atoms with E-state index < -0.39 is 12.0 Å². The monoisotopic (exact) mass is 213 g/mol. The second kappa shape index (κ2) is 5.14. The molecule has 15 heavy (non-hydrogen) atoms. The first-order valence-electron chi connectivity index (χ1n) is 5.54. The highest BCUT2D eigenvalue weighted by atomic mass is 16.4. The summed E-state index contributed by atoms with van der Waals surface area (Å²) in [6.45, 7) is 4.54. The number of carboxylic acid groups (broad SMARTS) is 1. The van der Waals surface area contributed by atoms with Gasteiger partial charge in [0, 0.05) is 13.0 Å². The van der Waals surface area contributed by atoms with Crippen molar-refractivity contribution in [2.45, 2.75) is 45.6 Å². The van der Waals surface area contributed by atoms with Gasteiger partial charge in [0.1, 0.15) is 6.04 Å². The summed E-state index contributed by atoms with van der Waals surface area (Å²) in [6, 6.07) is -0.593.